The Balaban J connectivity index is -0.000000140. The van der Waals surface area contributed by atoms with Crippen molar-refractivity contribution in [1.29, 1.82) is 0 Å². The van der Waals surface area contributed by atoms with Gasteiger partial charge < -0.3 is 81.7 Å². The molecule has 304 valence electrons. The first kappa shape index (κ1) is 62.0. The molecule has 0 aliphatic rings. The number of aliphatic hydroxyl groups is 4. The molecule has 0 heterocycles. The fourth-order valence-electron chi connectivity index (χ4n) is 2.86. The number of rotatable bonds is 20. The molecule has 0 aromatic carbocycles. The van der Waals surface area contributed by atoms with E-state index in [4.69, 9.17) is 81.7 Å². The van der Waals surface area contributed by atoms with Crippen molar-refractivity contribution < 1.29 is 139 Å². The summed E-state index contributed by atoms with van der Waals surface area (Å²) in [7, 11) is 0. The third-order valence-corrected chi connectivity index (χ3v) is 5.14. The summed E-state index contributed by atoms with van der Waals surface area (Å²) < 4.78 is 0. The Morgan fingerprint density at radius 2 is 0.315 bits per heavy atom. The fourth-order valence-corrected chi connectivity index (χ4v) is 2.86. The van der Waals surface area contributed by atoms with E-state index in [1.165, 1.54) is 0 Å². The van der Waals surface area contributed by atoms with Crippen molar-refractivity contribution in [3.05, 3.63) is 0 Å². The molecule has 0 atom stereocenters. The van der Waals surface area contributed by atoms with E-state index in [-0.39, 0.29) is 75.5 Å². The summed E-state index contributed by atoms with van der Waals surface area (Å²) in [6.45, 7) is 0. The molecule has 0 unspecified atom stereocenters. The van der Waals surface area contributed by atoms with Crippen LogP contribution in [-0.2, 0) is 57.5 Å². The van der Waals surface area contributed by atoms with Crippen molar-refractivity contribution in [2.75, 3.05) is 0 Å². The molecule has 0 saturated carbocycles. The molecule has 0 aliphatic carbocycles. The Kier molecular flexibility index (Phi) is 31.6. The van der Waals surface area contributed by atoms with Gasteiger partial charge in [0.05, 0.1) is 51.4 Å². The molecule has 0 rings (SSSR count). The normalized spacial score (nSPS) is 10.4. The van der Waals surface area contributed by atoms with Gasteiger partial charge in [0.15, 0.2) is 22.4 Å². The van der Waals surface area contributed by atoms with Crippen molar-refractivity contribution in [3.63, 3.8) is 0 Å². The van der Waals surface area contributed by atoms with Crippen LogP contribution >= 0.6 is 0 Å². The summed E-state index contributed by atoms with van der Waals surface area (Å²) in [5.74, 6) is -20.1. The van der Waals surface area contributed by atoms with E-state index in [1.807, 2.05) is 0 Å². The third kappa shape index (κ3) is 29.5. The van der Waals surface area contributed by atoms with Gasteiger partial charge in [-0.1, -0.05) is 0 Å². The van der Waals surface area contributed by atoms with E-state index in [9.17, 15) is 57.5 Å². The first-order valence-corrected chi connectivity index (χ1v) is 12.7. The van der Waals surface area contributed by atoms with Crippen molar-refractivity contribution in [2.45, 2.75) is 73.8 Å². The number of hydrogen-bond acceptors (Lipinski definition) is 16. The monoisotopic (exact) mass is 852 g/mol. The van der Waals surface area contributed by atoms with Gasteiger partial charge in [0, 0.05) is 0 Å². The van der Waals surface area contributed by atoms with Gasteiger partial charge in [0.2, 0.25) is 0 Å². The number of aliphatic carboxylic acids is 12. The molecule has 30 heteroatoms. The molecule has 0 saturated heterocycles. The first-order valence-electron chi connectivity index (χ1n) is 12.7. The zero-order valence-corrected chi connectivity index (χ0v) is 25.7. The van der Waals surface area contributed by atoms with Crippen LogP contribution in [0.3, 0.4) is 0 Å². The Labute approximate surface area is 357 Å². The van der Waals surface area contributed by atoms with Crippen molar-refractivity contribution in [3.8, 4) is 0 Å². The minimum absolute atomic E-state index is 0. The maximum atomic E-state index is 10.3. The van der Waals surface area contributed by atoms with Gasteiger partial charge in [-0.3, -0.25) is 38.4 Å². The molecule has 0 radical (unpaired) electrons. The predicted octanol–water partition coefficient (Wildman–Crippen LogP) is -6.83. The molecule has 0 bridgehead atoms. The predicted molar refractivity (Wildman–Crippen MR) is 165 cm³/mol. The van der Waals surface area contributed by atoms with E-state index in [2.05, 4.69) is 0 Å². The molecular formula is C24H36Ca2O28. The van der Waals surface area contributed by atoms with Gasteiger partial charge in [-0.25, -0.2) is 19.2 Å². The van der Waals surface area contributed by atoms with Gasteiger partial charge in [-0.2, -0.15) is 0 Å². The van der Waals surface area contributed by atoms with Crippen molar-refractivity contribution >= 4 is 147 Å². The van der Waals surface area contributed by atoms with Gasteiger partial charge in [0.1, 0.15) is 0 Å². The molecule has 0 aromatic heterocycles. The zero-order valence-electron chi connectivity index (χ0n) is 25.7. The van der Waals surface area contributed by atoms with Crippen LogP contribution in [0.1, 0.15) is 51.4 Å². The molecular weight excluding hydrogens is 816 g/mol. The Morgan fingerprint density at radius 1 is 0.241 bits per heavy atom. The van der Waals surface area contributed by atoms with Crippen LogP contribution in [0.15, 0.2) is 0 Å². The van der Waals surface area contributed by atoms with Crippen LogP contribution in [0.2, 0.25) is 0 Å². The Hall–Kier alpha value is -4.00. The van der Waals surface area contributed by atoms with Crippen LogP contribution in [-0.4, -0.2) is 251 Å². The molecule has 0 spiro atoms. The van der Waals surface area contributed by atoms with E-state index in [0.717, 1.165) is 0 Å². The van der Waals surface area contributed by atoms with Crippen LogP contribution in [0, 0.1) is 0 Å². The topological polar surface area (TPSA) is 529 Å². The van der Waals surface area contributed by atoms with Gasteiger partial charge in [-0.05, 0) is 0 Å². The summed E-state index contributed by atoms with van der Waals surface area (Å²) in [6, 6.07) is 0. The SMILES string of the molecule is O=C(O)CC(O)(CC(=O)O)C(=O)O.O=C(O)CC(O)(CC(=O)O)C(=O)O.O=C(O)CC(O)(CC(=O)O)C(=O)O.O=C(O)CC(O)(CC(=O)O)C(=O)O.[CaH2].[CaH2]. The Morgan fingerprint density at radius 3 is 0.352 bits per heavy atom. The molecule has 0 fully saturated rings. The van der Waals surface area contributed by atoms with Gasteiger partial charge >= 0.3 is 147 Å². The average Bonchev–Trinajstić information content (AvgIpc) is 2.85. The van der Waals surface area contributed by atoms with Crippen LogP contribution in [0.4, 0.5) is 0 Å². The summed E-state index contributed by atoms with van der Waals surface area (Å²) in [5.41, 5.74) is -11.0. The van der Waals surface area contributed by atoms with Crippen molar-refractivity contribution in [2.24, 2.45) is 0 Å². The van der Waals surface area contributed by atoms with E-state index < -0.39 is 145 Å². The fraction of sp³-hybridized carbons (Fsp3) is 0.500. The second-order valence-electron chi connectivity index (χ2n) is 9.91. The standard InChI is InChI=1S/4C6H8O7.2Ca.4H/c4*7-3(8)1-6(13,5(11)12)2-4(9)10;;;;;;/h4*13H,1-2H2,(H,7,8)(H,9,10)(H,11,12);;;;;;. The molecule has 0 amide bonds. The van der Waals surface area contributed by atoms with Crippen molar-refractivity contribution in [1.82, 2.24) is 0 Å². The van der Waals surface area contributed by atoms with Gasteiger partial charge in [-0.15, -0.1) is 0 Å². The summed E-state index contributed by atoms with van der Waals surface area (Å²) in [6.07, 6.45) is -9.15. The molecule has 0 aromatic rings. The minimum atomic E-state index is -2.74. The average molecular weight is 853 g/mol. The molecule has 16 N–H and O–H groups in total. The molecule has 28 nitrogen and oxygen atoms in total. The zero-order chi connectivity index (χ0) is 42.6. The maximum absolute atomic E-state index is 10.3. The van der Waals surface area contributed by atoms with E-state index in [0.29, 0.717) is 0 Å². The molecule has 54 heavy (non-hydrogen) atoms. The number of carboxylic acid groups (broad SMARTS) is 12. The van der Waals surface area contributed by atoms with Crippen LogP contribution in [0.25, 0.3) is 0 Å². The summed E-state index contributed by atoms with van der Waals surface area (Å²) >= 11 is 0. The van der Waals surface area contributed by atoms with E-state index >= 15 is 0 Å². The Bertz CT molecular complexity index is 1130. The van der Waals surface area contributed by atoms with E-state index in [1.54, 1.807) is 0 Å². The summed E-state index contributed by atoms with van der Waals surface area (Å²) in [4.78, 5) is 122. The second-order valence-corrected chi connectivity index (χ2v) is 9.91. The number of hydrogen-bond donors (Lipinski definition) is 16. The summed E-state index contributed by atoms with van der Waals surface area (Å²) in [5, 5.41) is 135. The quantitative estimate of drug-likeness (QED) is 0.0506. The van der Waals surface area contributed by atoms with Gasteiger partial charge in [0.25, 0.3) is 0 Å². The number of carboxylic acids is 12. The van der Waals surface area contributed by atoms with Crippen LogP contribution in [0.5, 0.6) is 0 Å². The third-order valence-electron chi connectivity index (χ3n) is 5.14. The van der Waals surface area contributed by atoms with Crippen LogP contribution < -0.4 is 0 Å². The first-order chi connectivity index (χ1) is 23.1. The second kappa shape index (κ2) is 27.6. The molecule has 0 aliphatic heterocycles. The number of carbonyl (C=O) groups is 12.